The third kappa shape index (κ3) is 7.46. The zero-order valence-electron chi connectivity index (χ0n) is 41.9. The number of fused-ring (bicyclic) bond motifs is 8. The van der Waals surface area contributed by atoms with Crippen LogP contribution in [0.15, 0.2) is 249 Å². The van der Waals surface area contributed by atoms with E-state index in [0.717, 1.165) is 78.4 Å². The van der Waals surface area contributed by atoms with Crippen molar-refractivity contribution in [2.24, 2.45) is 0 Å². The van der Waals surface area contributed by atoms with Crippen molar-refractivity contribution in [3.63, 3.8) is 0 Å². The van der Waals surface area contributed by atoms with Crippen molar-refractivity contribution in [2.75, 3.05) is 0 Å². The summed E-state index contributed by atoms with van der Waals surface area (Å²) in [5.74, 6) is 2.28. The second kappa shape index (κ2) is 17.6. The molecule has 0 aliphatic heterocycles. The monoisotopic (exact) mass is 962 g/mol. The number of pyridine rings is 1. The van der Waals surface area contributed by atoms with Crippen molar-refractivity contribution in [2.45, 2.75) is 26.2 Å². The molecule has 14 rings (SSSR count). The number of aromatic nitrogens is 4. The SMILES string of the molecule is CC(C)(C)c1cc(-c2ccccc2)c(-[n+]2[c-]n(-c3cccc(Oc4ccc5c6c(n(-c7ccccn7)c5c4)-c4ccccc4-c4cccc5cccc-6c45)c3)c3ccccc32)c(-c2cccc(-c3ccccc3)c2)c1. The number of ether oxygens (including phenoxy) is 1. The lowest BCUT2D eigenvalue weighted by atomic mass is 9.82. The Morgan fingerprint density at radius 3 is 1.89 bits per heavy atom. The summed E-state index contributed by atoms with van der Waals surface area (Å²) in [5.41, 5.74) is 20.2. The molecule has 356 valence electrons. The Hall–Kier alpha value is -9.58. The maximum atomic E-state index is 6.96. The van der Waals surface area contributed by atoms with Crippen LogP contribution in [0.2, 0.25) is 0 Å². The molecule has 0 bridgehead atoms. The molecule has 0 amide bonds. The van der Waals surface area contributed by atoms with E-state index in [1.165, 1.54) is 49.7 Å². The molecule has 10 aromatic carbocycles. The van der Waals surface area contributed by atoms with Crippen molar-refractivity contribution < 1.29 is 9.30 Å². The van der Waals surface area contributed by atoms with E-state index >= 15 is 0 Å². The highest BCUT2D eigenvalue weighted by Crippen LogP contribution is 2.52. The third-order valence-electron chi connectivity index (χ3n) is 14.9. The lowest BCUT2D eigenvalue weighted by molar-refractivity contribution is -0.571. The quantitative estimate of drug-likeness (QED) is 0.112. The van der Waals surface area contributed by atoms with E-state index in [2.05, 4.69) is 271 Å². The van der Waals surface area contributed by atoms with Crippen LogP contribution in [-0.2, 0) is 5.41 Å². The van der Waals surface area contributed by atoms with Gasteiger partial charge in [0.05, 0.1) is 33.6 Å². The molecular weight excluding hydrogens is 913 g/mol. The fourth-order valence-corrected chi connectivity index (χ4v) is 11.4. The number of hydrogen-bond acceptors (Lipinski definition) is 2. The molecular formula is C70H50N4O. The van der Waals surface area contributed by atoms with Crippen LogP contribution in [0.3, 0.4) is 0 Å². The van der Waals surface area contributed by atoms with E-state index in [0.29, 0.717) is 5.75 Å². The Morgan fingerprint density at radius 1 is 0.467 bits per heavy atom. The van der Waals surface area contributed by atoms with Crippen molar-refractivity contribution in [3.05, 3.63) is 261 Å². The van der Waals surface area contributed by atoms with Crippen molar-refractivity contribution in [3.8, 4) is 95.6 Å². The van der Waals surface area contributed by atoms with Crippen molar-refractivity contribution in [1.82, 2.24) is 14.1 Å². The van der Waals surface area contributed by atoms with Gasteiger partial charge in [0.25, 0.3) is 6.33 Å². The Morgan fingerprint density at radius 2 is 1.11 bits per heavy atom. The Balaban J connectivity index is 0.927. The molecule has 0 fully saturated rings. The number of rotatable bonds is 8. The van der Waals surface area contributed by atoms with E-state index < -0.39 is 0 Å². The topological polar surface area (TPSA) is 35.9 Å². The zero-order chi connectivity index (χ0) is 50.2. The van der Waals surface area contributed by atoms with Gasteiger partial charge in [-0.05, 0) is 120 Å². The fraction of sp³-hybridized carbons (Fsp3) is 0.0571. The molecule has 3 heterocycles. The molecule has 13 aromatic rings. The summed E-state index contributed by atoms with van der Waals surface area (Å²) in [4.78, 5) is 4.98. The molecule has 0 N–H and O–H groups in total. The second-order valence-corrected chi connectivity index (χ2v) is 20.5. The first-order chi connectivity index (χ1) is 36.8. The van der Waals surface area contributed by atoms with Gasteiger partial charge in [0, 0.05) is 28.8 Å². The number of para-hydroxylation sites is 2. The van der Waals surface area contributed by atoms with Gasteiger partial charge < -0.3 is 4.74 Å². The second-order valence-electron chi connectivity index (χ2n) is 20.5. The Bertz CT molecular complexity index is 4350. The van der Waals surface area contributed by atoms with Gasteiger partial charge in [-0.2, -0.15) is 0 Å². The van der Waals surface area contributed by atoms with Gasteiger partial charge in [-0.15, -0.1) is 0 Å². The van der Waals surface area contributed by atoms with E-state index in [9.17, 15) is 0 Å². The van der Waals surface area contributed by atoms with E-state index in [-0.39, 0.29) is 5.41 Å². The van der Waals surface area contributed by atoms with Crippen LogP contribution < -0.4 is 9.30 Å². The van der Waals surface area contributed by atoms with Crippen LogP contribution in [0.4, 0.5) is 0 Å². The maximum Gasteiger partial charge on any atom is 0.269 e. The number of hydrogen-bond donors (Lipinski definition) is 0. The van der Waals surface area contributed by atoms with Gasteiger partial charge in [-0.25, -0.2) is 4.98 Å². The minimum atomic E-state index is -0.117. The van der Waals surface area contributed by atoms with Crippen LogP contribution in [0, 0.1) is 6.33 Å². The highest BCUT2D eigenvalue weighted by molar-refractivity contribution is 6.19. The van der Waals surface area contributed by atoms with Gasteiger partial charge in [0.1, 0.15) is 17.3 Å². The molecule has 0 saturated carbocycles. The zero-order valence-corrected chi connectivity index (χ0v) is 41.9. The van der Waals surface area contributed by atoms with Crippen molar-refractivity contribution >= 4 is 32.7 Å². The molecule has 0 unspecified atom stereocenters. The summed E-state index contributed by atoms with van der Waals surface area (Å²) >= 11 is 0. The van der Waals surface area contributed by atoms with Crippen LogP contribution >= 0.6 is 0 Å². The summed E-state index contributed by atoms with van der Waals surface area (Å²) in [5, 5.41) is 3.60. The van der Waals surface area contributed by atoms with Crippen LogP contribution in [0.25, 0.3) is 117 Å². The van der Waals surface area contributed by atoms with Gasteiger partial charge in [-0.3, -0.25) is 13.7 Å². The van der Waals surface area contributed by atoms with Crippen molar-refractivity contribution in [1.29, 1.82) is 0 Å². The minimum absolute atomic E-state index is 0.117. The first kappa shape index (κ1) is 44.1. The predicted molar refractivity (Wildman–Crippen MR) is 307 cm³/mol. The molecule has 1 aliphatic carbocycles. The van der Waals surface area contributed by atoms with Gasteiger partial charge in [-0.1, -0.05) is 209 Å². The first-order valence-corrected chi connectivity index (χ1v) is 25.7. The molecule has 1 aliphatic rings. The summed E-state index contributed by atoms with van der Waals surface area (Å²) < 4.78 is 13.7. The van der Waals surface area contributed by atoms with Crippen LogP contribution in [-0.4, -0.2) is 14.1 Å². The van der Waals surface area contributed by atoms with E-state index in [1.807, 2.05) is 18.3 Å². The third-order valence-corrected chi connectivity index (χ3v) is 14.9. The summed E-state index contributed by atoms with van der Waals surface area (Å²) in [6, 6.07) is 86.8. The fourth-order valence-electron chi connectivity index (χ4n) is 11.4. The molecule has 0 spiro atoms. The summed E-state index contributed by atoms with van der Waals surface area (Å²) in [6.07, 6.45) is 5.78. The normalized spacial score (nSPS) is 11.9. The Kier molecular flexibility index (Phi) is 10.3. The highest BCUT2D eigenvalue weighted by Gasteiger charge is 2.30. The molecule has 0 saturated heterocycles. The lowest BCUT2D eigenvalue weighted by Crippen LogP contribution is -2.32. The van der Waals surface area contributed by atoms with Gasteiger partial charge >= 0.3 is 0 Å². The summed E-state index contributed by atoms with van der Waals surface area (Å²) in [7, 11) is 0. The van der Waals surface area contributed by atoms with E-state index in [4.69, 9.17) is 9.72 Å². The molecule has 3 aromatic heterocycles. The molecule has 75 heavy (non-hydrogen) atoms. The first-order valence-electron chi connectivity index (χ1n) is 25.7. The molecule has 5 heteroatoms. The number of nitrogens with zero attached hydrogens (tertiary/aromatic N) is 4. The number of imidazole rings is 1. The minimum Gasteiger partial charge on any atom is -0.458 e. The van der Waals surface area contributed by atoms with Crippen LogP contribution in [0.5, 0.6) is 11.5 Å². The maximum absolute atomic E-state index is 6.96. The Labute approximate surface area is 436 Å². The highest BCUT2D eigenvalue weighted by atomic mass is 16.5. The molecule has 0 radical (unpaired) electrons. The average Bonchev–Trinajstić information content (AvgIpc) is 4.08. The van der Waals surface area contributed by atoms with Crippen LogP contribution in [0.1, 0.15) is 26.3 Å². The predicted octanol–water partition coefficient (Wildman–Crippen LogP) is 17.6. The van der Waals surface area contributed by atoms with Gasteiger partial charge in [0.15, 0.2) is 0 Å². The average molecular weight is 963 g/mol. The molecule has 0 atom stereocenters. The van der Waals surface area contributed by atoms with E-state index in [1.54, 1.807) is 0 Å². The lowest BCUT2D eigenvalue weighted by Gasteiger charge is -2.25. The standard InChI is InChI=1S/C70H50N4O/c1-70(2,3)51-41-60(47-22-8-5-9-23-47)68(61(42-51)50-27-16-26-49(40-50)46-20-6-4-7-21-46)73-45-72(62-34-12-13-35-63(62)73)52-28-19-29-53(43-52)75-54-37-38-58-64(44-54)74(65-36-14-15-39-71-65)69-57-31-11-10-30-55(57)56-32-17-24-48-25-18-33-59(66(48)56)67(58)69/h4-44H,1-3H3. The number of benzene rings is 10. The molecule has 5 nitrogen and oxygen atoms in total. The summed E-state index contributed by atoms with van der Waals surface area (Å²) in [6.45, 7) is 6.89. The van der Waals surface area contributed by atoms with Gasteiger partial charge in [0.2, 0.25) is 0 Å². The largest absolute Gasteiger partial charge is 0.458 e. The smallest absolute Gasteiger partial charge is 0.269 e.